The number of rotatable bonds is 2. The topological polar surface area (TPSA) is 45.2 Å². The van der Waals surface area contributed by atoms with Gasteiger partial charge in [-0.1, -0.05) is 0 Å². The molecule has 0 aromatic carbocycles. The number of aliphatic hydroxyl groups is 1. The average Bonchev–Trinajstić information content (AvgIpc) is 2.31. The first-order valence-corrected chi connectivity index (χ1v) is 6.36. The molecule has 4 unspecified atom stereocenters. The first kappa shape index (κ1) is 13.2. The minimum atomic E-state index is -0.0654. The van der Waals surface area contributed by atoms with Gasteiger partial charge in [0.25, 0.3) is 0 Å². The highest BCUT2D eigenvalue weighted by molar-refractivity contribution is 4.89. The molecule has 2 saturated heterocycles. The number of nitrogens with zero attached hydrogens (tertiary/aromatic N) is 2. The van der Waals surface area contributed by atoms with E-state index < -0.39 is 0 Å². The molecule has 0 aromatic heterocycles. The molecular formula is C12H24N2O3. The van der Waals surface area contributed by atoms with Crippen molar-refractivity contribution in [3.63, 3.8) is 0 Å². The number of morpholine rings is 2. The van der Waals surface area contributed by atoms with Crippen LogP contribution >= 0.6 is 0 Å². The summed E-state index contributed by atoms with van der Waals surface area (Å²) in [4.78, 5) is 4.56. The standard InChI is InChI=1S/C12H24N2O3/c1-9-7-16-8-11(14(9)3)12-5-13(2)4-10(6-15)17-12/h9-12,15H,4-8H2,1-3H3. The summed E-state index contributed by atoms with van der Waals surface area (Å²) in [7, 11) is 4.20. The monoisotopic (exact) mass is 244 g/mol. The van der Waals surface area contributed by atoms with Crippen LogP contribution in [0.3, 0.4) is 0 Å². The summed E-state index contributed by atoms with van der Waals surface area (Å²) >= 11 is 0. The maximum absolute atomic E-state index is 9.25. The van der Waals surface area contributed by atoms with Gasteiger partial charge in [0.2, 0.25) is 0 Å². The third kappa shape index (κ3) is 2.98. The third-order valence-corrected chi connectivity index (χ3v) is 3.87. The van der Waals surface area contributed by atoms with Crippen molar-refractivity contribution in [1.82, 2.24) is 9.80 Å². The smallest absolute Gasteiger partial charge is 0.0937 e. The lowest BCUT2D eigenvalue weighted by molar-refractivity contribution is -0.154. The van der Waals surface area contributed by atoms with Gasteiger partial charge < -0.3 is 19.5 Å². The van der Waals surface area contributed by atoms with Crippen molar-refractivity contribution in [2.75, 3.05) is 47.0 Å². The van der Waals surface area contributed by atoms with Crippen LogP contribution < -0.4 is 0 Å². The Bertz CT molecular complexity index is 252. The Balaban J connectivity index is 2.00. The van der Waals surface area contributed by atoms with Gasteiger partial charge in [-0.25, -0.2) is 0 Å². The van der Waals surface area contributed by atoms with Gasteiger partial charge in [0.15, 0.2) is 0 Å². The zero-order valence-corrected chi connectivity index (χ0v) is 11.0. The number of hydrogen-bond acceptors (Lipinski definition) is 5. The van der Waals surface area contributed by atoms with Crippen LogP contribution in [0.4, 0.5) is 0 Å². The van der Waals surface area contributed by atoms with Crippen LogP contribution in [0, 0.1) is 0 Å². The fraction of sp³-hybridized carbons (Fsp3) is 1.00. The van der Waals surface area contributed by atoms with E-state index in [0.29, 0.717) is 6.04 Å². The zero-order valence-electron chi connectivity index (χ0n) is 11.0. The molecule has 0 bridgehead atoms. The predicted octanol–water partition coefficient (Wildman–Crippen LogP) is -0.603. The Morgan fingerprint density at radius 2 is 2.00 bits per heavy atom. The second-order valence-electron chi connectivity index (χ2n) is 5.32. The van der Waals surface area contributed by atoms with Gasteiger partial charge in [-0.3, -0.25) is 4.90 Å². The second-order valence-corrected chi connectivity index (χ2v) is 5.32. The molecular weight excluding hydrogens is 220 g/mol. The predicted molar refractivity (Wildman–Crippen MR) is 65.1 cm³/mol. The maximum atomic E-state index is 9.25. The van der Waals surface area contributed by atoms with E-state index in [1.54, 1.807) is 0 Å². The molecule has 1 N–H and O–H groups in total. The molecule has 2 rings (SSSR count). The molecule has 2 aliphatic heterocycles. The zero-order chi connectivity index (χ0) is 12.4. The van der Waals surface area contributed by atoms with Crippen molar-refractivity contribution in [3.8, 4) is 0 Å². The van der Waals surface area contributed by atoms with E-state index in [4.69, 9.17) is 9.47 Å². The quantitative estimate of drug-likeness (QED) is 0.702. The van der Waals surface area contributed by atoms with Gasteiger partial charge in [-0.2, -0.15) is 0 Å². The highest BCUT2D eigenvalue weighted by Gasteiger charge is 2.37. The van der Waals surface area contributed by atoms with E-state index in [1.165, 1.54) is 0 Å². The van der Waals surface area contributed by atoms with Crippen molar-refractivity contribution in [2.45, 2.75) is 31.2 Å². The minimum absolute atomic E-state index is 0.0654. The molecule has 0 radical (unpaired) electrons. The molecule has 0 aliphatic carbocycles. The van der Waals surface area contributed by atoms with Gasteiger partial charge in [0.1, 0.15) is 0 Å². The van der Waals surface area contributed by atoms with Gasteiger partial charge in [0, 0.05) is 19.1 Å². The number of hydrogen-bond donors (Lipinski definition) is 1. The van der Waals surface area contributed by atoms with Crippen LogP contribution in [-0.2, 0) is 9.47 Å². The Labute approximate surface area is 103 Å². The lowest BCUT2D eigenvalue weighted by Crippen LogP contribution is -2.60. The van der Waals surface area contributed by atoms with Crippen LogP contribution in [0.25, 0.3) is 0 Å². The Hall–Kier alpha value is -0.200. The van der Waals surface area contributed by atoms with E-state index >= 15 is 0 Å². The van der Waals surface area contributed by atoms with E-state index in [1.807, 2.05) is 0 Å². The molecule has 2 heterocycles. The normalized spacial score (nSPS) is 41.6. The molecule has 17 heavy (non-hydrogen) atoms. The van der Waals surface area contributed by atoms with Crippen LogP contribution in [0.2, 0.25) is 0 Å². The molecule has 2 aliphatic rings. The summed E-state index contributed by atoms with van der Waals surface area (Å²) < 4.78 is 11.6. The molecule has 5 heteroatoms. The number of ether oxygens (including phenoxy) is 2. The van der Waals surface area contributed by atoms with Crippen molar-refractivity contribution >= 4 is 0 Å². The summed E-state index contributed by atoms with van der Waals surface area (Å²) in [6, 6.07) is 0.715. The fourth-order valence-electron chi connectivity index (χ4n) is 2.67. The molecule has 4 atom stereocenters. The molecule has 0 spiro atoms. The summed E-state index contributed by atoms with van der Waals surface area (Å²) in [6.07, 6.45) is 0.0584. The van der Waals surface area contributed by atoms with Gasteiger partial charge in [-0.15, -0.1) is 0 Å². The van der Waals surface area contributed by atoms with Gasteiger partial charge in [0.05, 0.1) is 38.1 Å². The Morgan fingerprint density at radius 1 is 1.24 bits per heavy atom. The van der Waals surface area contributed by atoms with Crippen molar-refractivity contribution in [3.05, 3.63) is 0 Å². The third-order valence-electron chi connectivity index (χ3n) is 3.87. The Kier molecular flexibility index (Phi) is 4.38. The summed E-state index contributed by atoms with van der Waals surface area (Å²) in [6.45, 7) is 5.48. The largest absolute Gasteiger partial charge is 0.394 e. The molecule has 0 aromatic rings. The van der Waals surface area contributed by atoms with E-state index in [0.717, 1.165) is 26.3 Å². The fourth-order valence-corrected chi connectivity index (χ4v) is 2.67. The SMILES string of the molecule is CC1COCC(C2CN(C)CC(CO)O2)N1C. The molecule has 2 fully saturated rings. The van der Waals surface area contributed by atoms with Crippen LogP contribution in [-0.4, -0.2) is 86.2 Å². The van der Waals surface area contributed by atoms with Crippen LogP contribution in [0.1, 0.15) is 6.92 Å². The second kappa shape index (κ2) is 5.63. The maximum Gasteiger partial charge on any atom is 0.0937 e. The first-order chi connectivity index (χ1) is 8.11. The lowest BCUT2D eigenvalue weighted by atomic mass is 10.0. The highest BCUT2D eigenvalue weighted by Crippen LogP contribution is 2.20. The molecule has 0 amide bonds. The van der Waals surface area contributed by atoms with Crippen molar-refractivity contribution in [1.29, 1.82) is 0 Å². The molecule has 0 saturated carbocycles. The van der Waals surface area contributed by atoms with Crippen molar-refractivity contribution < 1.29 is 14.6 Å². The van der Waals surface area contributed by atoms with E-state index in [-0.39, 0.29) is 24.9 Å². The lowest BCUT2D eigenvalue weighted by Gasteiger charge is -2.45. The minimum Gasteiger partial charge on any atom is -0.394 e. The van der Waals surface area contributed by atoms with Crippen LogP contribution in [0.5, 0.6) is 0 Å². The average molecular weight is 244 g/mol. The molecule has 5 nitrogen and oxygen atoms in total. The van der Waals surface area contributed by atoms with E-state index in [2.05, 4.69) is 30.8 Å². The summed E-state index contributed by atoms with van der Waals surface area (Å²) in [5, 5.41) is 9.25. The molecule has 100 valence electrons. The number of aliphatic hydroxyl groups excluding tert-OH is 1. The Morgan fingerprint density at radius 3 is 2.71 bits per heavy atom. The summed E-state index contributed by atoms with van der Waals surface area (Å²) in [5.74, 6) is 0. The van der Waals surface area contributed by atoms with Gasteiger partial charge >= 0.3 is 0 Å². The van der Waals surface area contributed by atoms with Gasteiger partial charge in [-0.05, 0) is 21.0 Å². The van der Waals surface area contributed by atoms with Crippen molar-refractivity contribution in [2.24, 2.45) is 0 Å². The number of likely N-dealkylation sites (N-methyl/N-ethyl adjacent to an activating group) is 2. The highest BCUT2D eigenvalue weighted by atomic mass is 16.5. The van der Waals surface area contributed by atoms with E-state index in [9.17, 15) is 5.11 Å². The van der Waals surface area contributed by atoms with Crippen LogP contribution in [0.15, 0.2) is 0 Å². The first-order valence-electron chi connectivity index (χ1n) is 6.36. The summed E-state index contributed by atoms with van der Waals surface area (Å²) in [5.41, 5.74) is 0.